The highest BCUT2D eigenvalue weighted by molar-refractivity contribution is 5.24. The van der Waals surface area contributed by atoms with E-state index >= 15 is 0 Å². The van der Waals surface area contributed by atoms with Crippen LogP contribution >= 0.6 is 0 Å². The van der Waals surface area contributed by atoms with Gasteiger partial charge in [-0.2, -0.15) is 0 Å². The highest BCUT2D eigenvalue weighted by Gasteiger charge is 2.22. The monoisotopic (exact) mass is 268 g/mol. The largest absolute Gasteiger partial charge is 0.310 e. The molecule has 0 amide bonds. The molecule has 0 spiro atoms. The molecule has 1 aliphatic rings. The van der Waals surface area contributed by atoms with Crippen molar-refractivity contribution in [2.75, 3.05) is 13.6 Å². The van der Waals surface area contributed by atoms with E-state index < -0.39 is 6.43 Å². The molecule has 0 saturated carbocycles. The minimum absolute atomic E-state index is 0.107. The molecule has 0 aliphatic carbocycles. The van der Waals surface area contributed by atoms with Crippen LogP contribution in [0.3, 0.4) is 0 Å². The summed E-state index contributed by atoms with van der Waals surface area (Å²) in [5, 5.41) is 3.48. The molecule has 2 atom stereocenters. The second-order valence-corrected chi connectivity index (χ2v) is 5.48. The Morgan fingerprint density at radius 2 is 2.21 bits per heavy atom. The Hall–Kier alpha value is -1.00. The van der Waals surface area contributed by atoms with Gasteiger partial charge in [0.05, 0.1) is 0 Å². The zero-order valence-electron chi connectivity index (χ0n) is 11.6. The molecule has 106 valence electrons. The Balaban J connectivity index is 1.87. The lowest BCUT2D eigenvalue weighted by molar-refractivity contribution is 0.151. The number of hydrogen-bond donors (Lipinski definition) is 1. The minimum atomic E-state index is -2.39. The number of halogens is 2. The molecule has 4 heteroatoms. The number of hydrogen-bond acceptors (Lipinski definition) is 2. The van der Waals surface area contributed by atoms with Gasteiger partial charge in [0, 0.05) is 24.2 Å². The summed E-state index contributed by atoms with van der Waals surface area (Å²) in [7, 11) is 2.15. The molecule has 1 aromatic rings. The first-order chi connectivity index (χ1) is 9.06. The van der Waals surface area contributed by atoms with Crippen LogP contribution in [0.2, 0.25) is 0 Å². The maximum Gasteiger partial charge on any atom is 0.263 e. The number of nitrogens with one attached hydrogen (secondary N) is 1. The maximum absolute atomic E-state index is 12.6. The van der Waals surface area contributed by atoms with Crippen LogP contribution in [-0.2, 0) is 6.54 Å². The zero-order valence-corrected chi connectivity index (χ0v) is 11.6. The molecule has 2 nitrogen and oxygen atoms in total. The lowest BCUT2D eigenvalue weighted by Crippen LogP contribution is -2.45. The summed E-state index contributed by atoms with van der Waals surface area (Å²) < 4.78 is 25.2. The lowest BCUT2D eigenvalue weighted by atomic mass is 9.98. The van der Waals surface area contributed by atoms with Gasteiger partial charge in [-0.3, -0.25) is 0 Å². The van der Waals surface area contributed by atoms with Gasteiger partial charge in [-0.25, -0.2) is 8.78 Å². The molecule has 2 rings (SSSR count). The molecule has 19 heavy (non-hydrogen) atoms. The van der Waals surface area contributed by atoms with E-state index in [1.165, 1.54) is 6.07 Å². The normalized spacial score (nSPS) is 24.9. The van der Waals surface area contributed by atoms with Crippen LogP contribution in [0.5, 0.6) is 0 Å². The van der Waals surface area contributed by atoms with Gasteiger partial charge >= 0.3 is 0 Å². The van der Waals surface area contributed by atoms with Crippen molar-refractivity contribution in [1.29, 1.82) is 0 Å². The van der Waals surface area contributed by atoms with Crippen molar-refractivity contribution >= 4 is 0 Å². The summed E-state index contributed by atoms with van der Waals surface area (Å²) in [6.07, 6.45) is -0.149. The van der Waals surface area contributed by atoms with E-state index in [-0.39, 0.29) is 5.56 Å². The van der Waals surface area contributed by atoms with Crippen molar-refractivity contribution in [3.63, 3.8) is 0 Å². The molecule has 1 fully saturated rings. The van der Waals surface area contributed by atoms with Crippen molar-refractivity contribution in [3.8, 4) is 0 Å². The van der Waals surface area contributed by atoms with Crippen molar-refractivity contribution < 1.29 is 8.78 Å². The van der Waals surface area contributed by atoms with Crippen molar-refractivity contribution in [1.82, 2.24) is 10.2 Å². The molecular weight excluding hydrogens is 246 g/mol. The number of rotatable bonds is 4. The van der Waals surface area contributed by atoms with Gasteiger partial charge in [0.25, 0.3) is 6.43 Å². The fourth-order valence-electron chi connectivity index (χ4n) is 2.58. The summed E-state index contributed by atoms with van der Waals surface area (Å²) in [5.41, 5.74) is 1.04. The molecule has 0 bridgehead atoms. The number of alkyl halides is 2. The van der Waals surface area contributed by atoms with Crippen LogP contribution in [-0.4, -0.2) is 30.6 Å². The Labute approximate surface area is 113 Å². The number of likely N-dealkylation sites (tertiary alicyclic amines) is 1. The fraction of sp³-hybridized carbons (Fsp3) is 0.600. The Bertz CT molecular complexity index is 409. The Morgan fingerprint density at radius 1 is 1.42 bits per heavy atom. The third kappa shape index (κ3) is 3.98. The first-order valence-electron chi connectivity index (χ1n) is 6.87. The van der Waals surface area contributed by atoms with E-state index in [0.717, 1.165) is 24.9 Å². The molecule has 0 radical (unpaired) electrons. The smallest absolute Gasteiger partial charge is 0.263 e. The quantitative estimate of drug-likeness (QED) is 0.902. The van der Waals surface area contributed by atoms with Crippen LogP contribution in [0.25, 0.3) is 0 Å². The number of piperidine rings is 1. The third-order valence-corrected chi connectivity index (χ3v) is 4.01. The van der Waals surface area contributed by atoms with E-state index in [0.29, 0.717) is 18.6 Å². The van der Waals surface area contributed by atoms with Crippen molar-refractivity contribution in [2.24, 2.45) is 0 Å². The highest BCUT2D eigenvalue weighted by atomic mass is 19.3. The summed E-state index contributed by atoms with van der Waals surface area (Å²) in [4.78, 5) is 2.36. The van der Waals surface area contributed by atoms with Gasteiger partial charge in [-0.1, -0.05) is 18.2 Å². The Kier molecular flexibility index (Phi) is 4.88. The lowest BCUT2D eigenvalue weighted by Gasteiger charge is -2.35. The van der Waals surface area contributed by atoms with Crippen LogP contribution < -0.4 is 5.32 Å². The summed E-state index contributed by atoms with van der Waals surface area (Å²) in [6.45, 7) is 3.99. The van der Waals surface area contributed by atoms with Gasteiger partial charge in [-0.05, 0) is 45.0 Å². The predicted molar refractivity (Wildman–Crippen MR) is 73.4 cm³/mol. The van der Waals surface area contributed by atoms with E-state index in [9.17, 15) is 8.78 Å². The predicted octanol–water partition coefficient (Wildman–Crippen LogP) is 3.20. The molecule has 1 aromatic carbocycles. The van der Waals surface area contributed by atoms with E-state index in [1.807, 2.05) is 6.07 Å². The number of nitrogens with zero attached hydrogens (tertiary/aromatic N) is 1. The summed E-state index contributed by atoms with van der Waals surface area (Å²) in [6, 6.07) is 7.74. The molecule has 1 saturated heterocycles. The van der Waals surface area contributed by atoms with Crippen LogP contribution in [0.15, 0.2) is 24.3 Å². The van der Waals surface area contributed by atoms with Crippen molar-refractivity contribution in [3.05, 3.63) is 35.4 Å². The third-order valence-electron chi connectivity index (χ3n) is 4.01. The van der Waals surface area contributed by atoms with Gasteiger partial charge in [0.1, 0.15) is 0 Å². The second kappa shape index (κ2) is 6.44. The average Bonchev–Trinajstić information content (AvgIpc) is 2.40. The minimum Gasteiger partial charge on any atom is -0.310 e. The van der Waals surface area contributed by atoms with Gasteiger partial charge < -0.3 is 10.2 Å². The van der Waals surface area contributed by atoms with E-state index in [1.54, 1.807) is 12.1 Å². The molecule has 1 aliphatic heterocycles. The molecule has 1 N–H and O–H groups in total. The van der Waals surface area contributed by atoms with E-state index in [4.69, 9.17) is 0 Å². The van der Waals surface area contributed by atoms with Gasteiger partial charge in [0.15, 0.2) is 0 Å². The second-order valence-electron chi connectivity index (χ2n) is 5.48. The highest BCUT2D eigenvalue weighted by Crippen LogP contribution is 2.20. The van der Waals surface area contributed by atoms with E-state index in [2.05, 4.69) is 24.2 Å². The Morgan fingerprint density at radius 3 is 2.89 bits per heavy atom. The van der Waals surface area contributed by atoms with Gasteiger partial charge in [-0.15, -0.1) is 0 Å². The maximum atomic E-state index is 12.6. The molecule has 2 unspecified atom stereocenters. The van der Waals surface area contributed by atoms with Crippen LogP contribution in [0.4, 0.5) is 8.78 Å². The topological polar surface area (TPSA) is 15.3 Å². The van der Waals surface area contributed by atoms with Crippen molar-refractivity contribution in [2.45, 2.75) is 44.8 Å². The zero-order chi connectivity index (χ0) is 13.8. The fourth-order valence-corrected chi connectivity index (χ4v) is 2.58. The molecule has 0 aromatic heterocycles. The SMILES string of the molecule is CC1CC(NCc2cccc(C(F)F)c2)CCN1C. The summed E-state index contributed by atoms with van der Waals surface area (Å²) >= 11 is 0. The first kappa shape index (κ1) is 14.4. The van der Waals surface area contributed by atoms with Crippen LogP contribution in [0, 0.1) is 0 Å². The first-order valence-corrected chi connectivity index (χ1v) is 6.87. The van der Waals surface area contributed by atoms with Crippen LogP contribution in [0.1, 0.15) is 37.3 Å². The molecular formula is C15H22F2N2. The summed E-state index contributed by atoms with van der Waals surface area (Å²) in [5.74, 6) is 0. The standard InChI is InChI=1S/C15H22F2N2/c1-11-8-14(6-7-19(11)2)18-10-12-4-3-5-13(9-12)15(16)17/h3-5,9,11,14-15,18H,6-8,10H2,1-2H3. The van der Waals surface area contributed by atoms with Gasteiger partial charge in [0.2, 0.25) is 0 Å². The average molecular weight is 268 g/mol. The number of benzene rings is 1. The molecule has 1 heterocycles.